The molecule has 1 aliphatic carbocycles. The van der Waals surface area contributed by atoms with Crippen LogP contribution in [0.25, 0.3) is 11.3 Å². The molecule has 0 bridgehead atoms. The second kappa shape index (κ2) is 3.83. The minimum absolute atomic E-state index is 0.736. The first-order chi connectivity index (χ1) is 7.42. The maximum Gasteiger partial charge on any atom is 0.135 e. The lowest BCUT2D eigenvalue weighted by Gasteiger charge is -1.98. The zero-order valence-corrected chi connectivity index (χ0v) is 9.22. The minimum Gasteiger partial charge on any atom is -0.460 e. The third-order valence-electron chi connectivity index (χ3n) is 2.61. The highest BCUT2D eigenvalue weighted by Crippen LogP contribution is 2.25. The summed E-state index contributed by atoms with van der Waals surface area (Å²) in [7, 11) is 0. The zero-order valence-electron chi connectivity index (χ0n) is 8.40. The molecule has 15 heavy (non-hydrogen) atoms. The first-order valence-electron chi connectivity index (χ1n) is 5.26. The van der Waals surface area contributed by atoms with E-state index in [1.807, 2.05) is 6.07 Å². The number of nitrogens with one attached hydrogen (secondary N) is 1. The molecule has 3 heteroatoms. The predicted molar refractivity (Wildman–Crippen MR) is 61.9 cm³/mol. The van der Waals surface area contributed by atoms with Gasteiger partial charge in [-0.25, -0.2) is 0 Å². The van der Waals surface area contributed by atoms with Crippen molar-refractivity contribution in [2.24, 2.45) is 0 Å². The molecule has 1 aliphatic rings. The number of hydrogen-bond donors (Lipinski definition) is 1. The van der Waals surface area contributed by atoms with E-state index < -0.39 is 0 Å². The Hall–Kier alpha value is -1.06. The van der Waals surface area contributed by atoms with Gasteiger partial charge in [0.05, 0.1) is 6.54 Å². The average Bonchev–Trinajstić information content (AvgIpc) is 2.78. The van der Waals surface area contributed by atoms with Gasteiger partial charge in [0, 0.05) is 17.0 Å². The summed E-state index contributed by atoms with van der Waals surface area (Å²) in [6.07, 6.45) is 2.64. The molecule has 1 fully saturated rings. The van der Waals surface area contributed by atoms with Crippen LogP contribution in [0.5, 0.6) is 0 Å². The molecule has 0 aromatic carbocycles. The Morgan fingerprint density at radius 2 is 2.27 bits per heavy atom. The van der Waals surface area contributed by atoms with E-state index in [2.05, 4.69) is 28.2 Å². The Morgan fingerprint density at radius 1 is 1.33 bits per heavy atom. The van der Waals surface area contributed by atoms with E-state index in [4.69, 9.17) is 4.42 Å². The molecule has 0 aliphatic heterocycles. The fourth-order valence-corrected chi connectivity index (χ4v) is 2.21. The first kappa shape index (κ1) is 9.19. The molecule has 0 saturated heterocycles. The summed E-state index contributed by atoms with van der Waals surface area (Å²) in [6.45, 7) is 0.856. The second-order valence-electron chi connectivity index (χ2n) is 3.93. The van der Waals surface area contributed by atoms with Crippen LogP contribution in [0.2, 0.25) is 0 Å². The van der Waals surface area contributed by atoms with Crippen LogP contribution < -0.4 is 5.32 Å². The van der Waals surface area contributed by atoms with Crippen LogP contribution in [0.4, 0.5) is 0 Å². The summed E-state index contributed by atoms with van der Waals surface area (Å²) in [6, 6.07) is 6.93. The van der Waals surface area contributed by atoms with Crippen molar-refractivity contribution in [2.75, 3.05) is 0 Å². The summed E-state index contributed by atoms with van der Waals surface area (Å²) in [5.41, 5.74) is 1.18. The highest BCUT2D eigenvalue weighted by molar-refractivity contribution is 7.08. The van der Waals surface area contributed by atoms with Gasteiger partial charge in [0.1, 0.15) is 11.5 Å². The summed E-state index contributed by atoms with van der Waals surface area (Å²) >= 11 is 1.70. The van der Waals surface area contributed by atoms with Gasteiger partial charge in [-0.1, -0.05) is 0 Å². The van der Waals surface area contributed by atoms with E-state index in [1.165, 1.54) is 18.4 Å². The van der Waals surface area contributed by atoms with Gasteiger partial charge in [-0.3, -0.25) is 0 Å². The lowest BCUT2D eigenvalue weighted by molar-refractivity contribution is 0.492. The summed E-state index contributed by atoms with van der Waals surface area (Å²) in [4.78, 5) is 0. The lowest BCUT2D eigenvalue weighted by atomic mass is 10.3. The molecule has 2 aromatic heterocycles. The fourth-order valence-electron chi connectivity index (χ4n) is 1.57. The van der Waals surface area contributed by atoms with Crippen molar-refractivity contribution in [1.82, 2.24) is 5.32 Å². The molecule has 0 atom stereocenters. The number of rotatable bonds is 4. The van der Waals surface area contributed by atoms with Gasteiger partial charge < -0.3 is 9.73 Å². The maximum atomic E-state index is 5.75. The number of hydrogen-bond acceptors (Lipinski definition) is 3. The topological polar surface area (TPSA) is 25.2 Å². The lowest BCUT2D eigenvalue weighted by Crippen LogP contribution is -2.14. The van der Waals surface area contributed by atoms with Crippen molar-refractivity contribution in [2.45, 2.75) is 25.4 Å². The van der Waals surface area contributed by atoms with E-state index >= 15 is 0 Å². The van der Waals surface area contributed by atoms with Gasteiger partial charge in [0.15, 0.2) is 0 Å². The van der Waals surface area contributed by atoms with Crippen LogP contribution >= 0.6 is 11.3 Å². The molecule has 0 amide bonds. The monoisotopic (exact) mass is 219 g/mol. The molecule has 0 unspecified atom stereocenters. The predicted octanol–water partition coefficient (Wildman–Crippen LogP) is 3.26. The largest absolute Gasteiger partial charge is 0.460 e. The number of thiophene rings is 1. The quantitative estimate of drug-likeness (QED) is 0.853. The second-order valence-corrected chi connectivity index (χ2v) is 4.71. The molecular formula is C12H13NOS. The van der Waals surface area contributed by atoms with E-state index in [0.29, 0.717) is 0 Å². The van der Waals surface area contributed by atoms with Gasteiger partial charge in [0.2, 0.25) is 0 Å². The smallest absolute Gasteiger partial charge is 0.135 e. The Bertz CT molecular complexity index is 428. The van der Waals surface area contributed by atoms with Gasteiger partial charge >= 0.3 is 0 Å². The van der Waals surface area contributed by atoms with Crippen molar-refractivity contribution in [1.29, 1.82) is 0 Å². The third kappa shape index (κ3) is 2.13. The van der Waals surface area contributed by atoms with Gasteiger partial charge in [-0.05, 0) is 36.4 Å². The van der Waals surface area contributed by atoms with Crippen LogP contribution in [0.3, 0.4) is 0 Å². The first-order valence-corrected chi connectivity index (χ1v) is 6.21. The van der Waals surface area contributed by atoms with Crippen molar-refractivity contribution >= 4 is 11.3 Å². The standard InChI is InChI=1S/C12H13NOS/c1-2-10(1)13-7-11-3-4-12(14-11)9-5-6-15-8-9/h3-6,8,10,13H,1-2,7H2. The fraction of sp³-hybridized carbons (Fsp3) is 0.333. The highest BCUT2D eigenvalue weighted by atomic mass is 32.1. The van der Waals surface area contributed by atoms with Crippen LogP contribution in [-0.4, -0.2) is 6.04 Å². The van der Waals surface area contributed by atoms with Crippen molar-refractivity contribution < 1.29 is 4.42 Å². The molecule has 0 radical (unpaired) electrons. The maximum absolute atomic E-state index is 5.75. The molecule has 2 aromatic rings. The van der Waals surface area contributed by atoms with Crippen molar-refractivity contribution in [3.63, 3.8) is 0 Å². The van der Waals surface area contributed by atoms with Crippen molar-refractivity contribution in [3.05, 3.63) is 34.7 Å². The van der Waals surface area contributed by atoms with Crippen LogP contribution in [0, 0.1) is 0 Å². The van der Waals surface area contributed by atoms with E-state index in [0.717, 1.165) is 24.1 Å². The molecule has 2 nitrogen and oxygen atoms in total. The van der Waals surface area contributed by atoms with E-state index in [9.17, 15) is 0 Å². The molecule has 2 heterocycles. The van der Waals surface area contributed by atoms with E-state index in [-0.39, 0.29) is 0 Å². The zero-order chi connectivity index (χ0) is 10.1. The summed E-state index contributed by atoms with van der Waals surface area (Å²) < 4.78 is 5.75. The summed E-state index contributed by atoms with van der Waals surface area (Å²) in [5, 5.41) is 7.62. The van der Waals surface area contributed by atoms with Gasteiger partial charge in [0.25, 0.3) is 0 Å². The Balaban J connectivity index is 1.69. The third-order valence-corrected chi connectivity index (χ3v) is 3.29. The Labute approximate surface area is 92.9 Å². The molecule has 0 spiro atoms. The SMILES string of the molecule is c1cc(-c2ccc(CNC3CC3)o2)cs1. The molecule has 78 valence electrons. The highest BCUT2D eigenvalue weighted by Gasteiger charge is 2.20. The Kier molecular flexibility index (Phi) is 2.35. The van der Waals surface area contributed by atoms with Crippen LogP contribution in [0.15, 0.2) is 33.4 Å². The Morgan fingerprint density at radius 3 is 3.00 bits per heavy atom. The normalized spacial score (nSPS) is 15.7. The van der Waals surface area contributed by atoms with Crippen molar-refractivity contribution in [3.8, 4) is 11.3 Å². The van der Waals surface area contributed by atoms with Crippen LogP contribution in [0.1, 0.15) is 18.6 Å². The average molecular weight is 219 g/mol. The molecule has 3 rings (SSSR count). The minimum atomic E-state index is 0.736. The van der Waals surface area contributed by atoms with Gasteiger partial charge in [-0.15, -0.1) is 0 Å². The van der Waals surface area contributed by atoms with E-state index in [1.54, 1.807) is 11.3 Å². The molecular weight excluding hydrogens is 206 g/mol. The van der Waals surface area contributed by atoms with Gasteiger partial charge in [-0.2, -0.15) is 11.3 Å². The molecule has 1 saturated carbocycles. The summed E-state index contributed by atoms with van der Waals surface area (Å²) in [5.74, 6) is 2.01. The van der Waals surface area contributed by atoms with Crippen LogP contribution in [-0.2, 0) is 6.54 Å². The number of furan rings is 1. The molecule has 1 N–H and O–H groups in total.